The molecule has 2 aliphatic rings. The van der Waals surface area contributed by atoms with Crippen molar-refractivity contribution in [2.75, 3.05) is 0 Å². The molecule has 4 heteroatoms. The van der Waals surface area contributed by atoms with Gasteiger partial charge in [-0.05, 0) is 74.5 Å². The van der Waals surface area contributed by atoms with E-state index in [1.165, 1.54) is 66.5 Å². The molecule has 0 radical (unpaired) electrons. The molecule has 3 heterocycles. The van der Waals surface area contributed by atoms with Gasteiger partial charge < -0.3 is 4.57 Å². The Kier molecular flexibility index (Phi) is 6.37. The van der Waals surface area contributed by atoms with Gasteiger partial charge in [0.15, 0.2) is 17.5 Å². The van der Waals surface area contributed by atoms with E-state index in [1.54, 1.807) is 0 Å². The van der Waals surface area contributed by atoms with Crippen molar-refractivity contribution in [1.29, 1.82) is 0 Å². The van der Waals surface area contributed by atoms with Crippen LogP contribution in [0.4, 0.5) is 0 Å². The van der Waals surface area contributed by atoms with Gasteiger partial charge in [0.1, 0.15) is 0 Å². The largest absolute Gasteiger partial charge is 0.308 e. The van der Waals surface area contributed by atoms with Gasteiger partial charge in [-0.2, -0.15) is 0 Å². The van der Waals surface area contributed by atoms with Crippen LogP contribution in [-0.4, -0.2) is 19.5 Å². The van der Waals surface area contributed by atoms with Crippen molar-refractivity contribution >= 4 is 32.6 Å². The van der Waals surface area contributed by atoms with Gasteiger partial charge in [0, 0.05) is 44.0 Å². The molecule has 0 atom stereocenters. The Bertz CT molecular complexity index is 3270. The van der Waals surface area contributed by atoms with E-state index in [4.69, 9.17) is 15.0 Å². The summed E-state index contributed by atoms with van der Waals surface area (Å²) in [5, 5.41) is 4.68. The van der Waals surface area contributed by atoms with Crippen molar-refractivity contribution in [3.63, 3.8) is 0 Å². The molecule has 0 unspecified atom stereocenters. The van der Waals surface area contributed by atoms with Crippen molar-refractivity contribution in [1.82, 2.24) is 19.5 Å². The highest BCUT2D eigenvalue weighted by molar-refractivity contribution is 6.22. The normalized spacial score (nSPS) is 13.3. The maximum absolute atomic E-state index is 5.29. The molecule has 1 aliphatic heterocycles. The number of fused-ring (bicyclic) bond motifs is 7. The second-order valence-electron chi connectivity index (χ2n) is 15.6. The van der Waals surface area contributed by atoms with Crippen LogP contribution in [0.3, 0.4) is 0 Å². The van der Waals surface area contributed by atoms with E-state index >= 15 is 0 Å². The molecule has 12 rings (SSSR count). The van der Waals surface area contributed by atoms with Crippen LogP contribution in [0.15, 0.2) is 170 Å². The standard InChI is InChI=1S/C52H34N4/c1-52(2)41-27-26-38-45-39(51-54-49(33-17-7-4-8-18-33)53-50(55-51)35-25-24-32-16-9-10-19-34(32)28-35)21-13-23-44(45)56-43-22-12-11-20-37(43)40-29-36(31-14-5-3-6-15-31)30-42(52)46(40)47(41)48(38)56/h3-30H,1-2H3. The molecule has 10 aromatic rings. The maximum atomic E-state index is 5.29. The number of benzene rings is 8. The Balaban J connectivity index is 1.17. The Hall–Kier alpha value is -7.17. The van der Waals surface area contributed by atoms with E-state index in [-0.39, 0.29) is 5.41 Å². The number of hydrogen-bond donors (Lipinski definition) is 0. The average Bonchev–Trinajstić information content (AvgIpc) is 3.67. The van der Waals surface area contributed by atoms with Gasteiger partial charge >= 0.3 is 0 Å². The fourth-order valence-corrected chi connectivity index (χ4v) is 9.49. The Morgan fingerprint density at radius 2 is 1.11 bits per heavy atom. The topological polar surface area (TPSA) is 43.6 Å². The van der Waals surface area contributed by atoms with Gasteiger partial charge in [-0.25, -0.2) is 15.0 Å². The summed E-state index contributed by atoms with van der Waals surface area (Å²) < 4.78 is 2.51. The van der Waals surface area contributed by atoms with Crippen molar-refractivity contribution in [3.05, 3.63) is 181 Å². The molecule has 4 nitrogen and oxygen atoms in total. The van der Waals surface area contributed by atoms with E-state index < -0.39 is 0 Å². The van der Waals surface area contributed by atoms with Gasteiger partial charge in [0.05, 0.1) is 16.7 Å². The molecule has 2 aromatic heterocycles. The third-order valence-electron chi connectivity index (χ3n) is 12.1. The van der Waals surface area contributed by atoms with E-state index in [1.807, 2.05) is 18.2 Å². The van der Waals surface area contributed by atoms with Crippen LogP contribution in [0, 0.1) is 0 Å². The van der Waals surface area contributed by atoms with Crippen molar-refractivity contribution in [2.45, 2.75) is 19.3 Å². The van der Waals surface area contributed by atoms with E-state index in [0.717, 1.165) is 33.0 Å². The lowest BCUT2D eigenvalue weighted by atomic mass is 9.80. The lowest BCUT2D eigenvalue weighted by Crippen LogP contribution is -2.15. The molecular weight excluding hydrogens is 681 g/mol. The highest BCUT2D eigenvalue weighted by Crippen LogP contribution is 2.59. The van der Waals surface area contributed by atoms with Crippen LogP contribution in [0.5, 0.6) is 0 Å². The zero-order chi connectivity index (χ0) is 37.1. The minimum atomic E-state index is -0.192. The molecule has 0 saturated heterocycles. The minimum absolute atomic E-state index is 0.192. The van der Waals surface area contributed by atoms with Crippen LogP contribution < -0.4 is 0 Å². The SMILES string of the molecule is CC1(C)c2cc(-c3ccccc3)cc3c2-c2c1ccc1c4c(-c5nc(-c6ccccc6)nc(-c6ccc7ccccc7c6)n5)cccc4n(c21)-c1ccccc1-3. The van der Waals surface area contributed by atoms with Gasteiger partial charge in [0.2, 0.25) is 0 Å². The molecule has 8 aromatic carbocycles. The van der Waals surface area contributed by atoms with Crippen LogP contribution in [0.2, 0.25) is 0 Å². The van der Waals surface area contributed by atoms with Gasteiger partial charge in [-0.1, -0.05) is 153 Å². The summed E-state index contributed by atoms with van der Waals surface area (Å²) in [4.78, 5) is 15.6. The van der Waals surface area contributed by atoms with Gasteiger partial charge in [0.25, 0.3) is 0 Å². The molecule has 0 bridgehead atoms. The zero-order valence-electron chi connectivity index (χ0n) is 31.0. The number of rotatable bonds is 4. The summed E-state index contributed by atoms with van der Waals surface area (Å²) in [6.07, 6.45) is 0. The second kappa shape index (κ2) is 11.4. The summed E-state index contributed by atoms with van der Waals surface area (Å²) >= 11 is 0. The smallest absolute Gasteiger partial charge is 0.164 e. The zero-order valence-corrected chi connectivity index (χ0v) is 31.0. The van der Waals surface area contributed by atoms with Crippen molar-refractivity contribution in [2.24, 2.45) is 0 Å². The number of aromatic nitrogens is 4. The van der Waals surface area contributed by atoms with Crippen LogP contribution in [0.25, 0.3) is 106 Å². The molecule has 262 valence electrons. The Morgan fingerprint density at radius 1 is 0.429 bits per heavy atom. The fraction of sp³-hybridized carbons (Fsp3) is 0.0577. The molecule has 1 aliphatic carbocycles. The minimum Gasteiger partial charge on any atom is -0.308 e. The molecule has 0 N–H and O–H groups in total. The maximum Gasteiger partial charge on any atom is 0.164 e. The fourth-order valence-electron chi connectivity index (χ4n) is 9.49. The molecule has 0 amide bonds. The van der Waals surface area contributed by atoms with Crippen LogP contribution in [-0.2, 0) is 5.41 Å². The monoisotopic (exact) mass is 714 g/mol. The van der Waals surface area contributed by atoms with Gasteiger partial charge in [-0.3, -0.25) is 0 Å². The summed E-state index contributed by atoms with van der Waals surface area (Å²) in [5.74, 6) is 1.97. The summed E-state index contributed by atoms with van der Waals surface area (Å²) in [6, 6.07) is 61.0. The Labute approximate surface area is 324 Å². The lowest BCUT2D eigenvalue weighted by molar-refractivity contribution is 0.661. The second-order valence-corrected chi connectivity index (χ2v) is 15.6. The summed E-state index contributed by atoms with van der Waals surface area (Å²) in [6.45, 7) is 4.77. The molecule has 0 spiro atoms. The first-order valence-electron chi connectivity index (χ1n) is 19.3. The number of nitrogens with zero attached hydrogens (tertiary/aromatic N) is 4. The van der Waals surface area contributed by atoms with Crippen molar-refractivity contribution in [3.8, 4) is 73.2 Å². The van der Waals surface area contributed by atoms with E-state index in [9.17, 15) is 0 Å². The first-order chi connectivity index (χ1) is 27.5. The predicted molar refractivity (Wildman–Crippen MR) is 230 cm³/mol. The number of para-hydroxylation sites is 1. The highest BCUT2D eigenvalue weighted by Gasteiger charge is 2.41. The average molecular weight is 715 g/mol. The molecular formula is C52H34N4. The third-order valence-corrected chi connectivity index (χ3v) is 12.1. The predicted octanol–water partition coefficient (Wildman–Crippen LogP) is 13.1. The number of hydrogen-bond acceptors (Lipinski definition) is 3. The molecule has 0 saturated carbocycles. The Morgan fingerprint density at radius 3 is 1.93 bits per heavy atom. The summed E-state index contributed by atoms with van der Waals surface area (Å²) in [7, 11) is 0. The van der Waals surface area contributed by atoms with Gasteiger partial charge in [-0.15, -0.1) is 0 Å². The van der Waals surface area contributed by atoms with Crippen LogP contribution in [0.1, 0.15) is 25.0 Å². The van der Waals surface area contributed by atoms with Crippen LogP contribution >= 0.6 is 0 Å². The molecule has 0 fully saturated rings. The molecule has 56 heavy (non-hydrogen) atoms. The van der Waals surface area contributed by atoms with Crippen molar-refractivity contribution < 1.29 is 0 Å². The third kappa shape index (κ3) is 4.32. The highest BCUT2D eigenvalue weighted by atomic mass is 15.0. The first-order valence-corrected chi connectivity index (χ1v) is 19.3. The first kappa shape index (κ1) is 31.2. The summed E-state index contributed by atoms with van der Waals surface area (Å²) in [5.41, 5.74) is 16.7. The van der Waals surface area contributed by atoms with E-state index in [2.05, 4.69) is 170 Å². The quantitative estimate of drug-likeness (QED) is 0.182. The lowest BCUT2D eigenvalue weighted by Gasteiger charge is -2.24. The van der Waals surface area contributed by atoms with E-state index in [0.29, 0.717) is 17.5 Å².